The monoisotopic (exact) mass is 88.1 g/mol. The quantitative estimate of drug-likeness (QED) is 0.411. The maximum Gasteiger partial charge on any atom is 0.116 e. The van der Waals surface area contributed by atoms with Crippen LogP contribution in [-0.2, 0) is 4.79 Å². The molecule has 0 aromatic heterocycles. The summed E-state index contributed by atoms with van der Waals surface area (Å²) in [5, 5.41) is 0. The molecule has 6 heavy (non-hydrogen) atoms. The van der Waals surface area contributed by atoms with Crippen molar-refractivity contribution in [3.05, 3.63) is 0 Å². The standard InChI is InChI=1S/C3H8.C2H4O/c1-3-2;1-2-3/h3H2,1-2H3;2H,1H3. The number of carbonyl (C=O) groups is 1. The van der Waals surface area contributed by atoms with Crippen molar-refractivity contribution in [2.45, 2.75) is 27.2 Å². The van der Waals surface area contributed by atoms with Gasteiger partial charge in [0, 0.05) is 0 Å². The number of aldehydes is 1. The molecule has 0 rings (SSSR count). The molecule has 0 aliphatic carbocycles. The molecule has 0 saturated carbocycles. The minimum Gasteiger partial charge on any atom is -0.304 e. The Hall–Kier alpha value is -0.330. The van der Waals surface area contributed by atoms with Gasteiger partial charge in [-0.05, 0) is 6.92 Å². The summed E-state index contributed by atoms with van der Waals surface area (Å²) in [5.74, 6) is 0. The predicted molar refractivity (Wildman–Crippen MR) is 27.7 cm³/mol. The molecule has 0 spiro atoms. The van der Waals surface area contributed by atoms with Gasteiger partial charge in [-0.1, -0.05) is 20.3 Å². The van der Waals surface area contributed by atoms with Crippen molar-refractivity contribution in [1.82, 2.24) is 0 Å². The number of rotatable bonds is 0. The second kappa shape index (κ2) is 22.6. The van der Waals surface area contributed by atoms with E-state index in [1.54, 1.807) is 0 Å². The number of carbonyl (C=O) groups excluding carboxylic acids is 1. The molecule has 0 aliphatic heterocycles. The second-order valence-corrected chi connectivity index (χ2v) is 0.943. The molecule has 1 heteroatoms. The van der Waals surface area contributed by atoms with Gasteiger partial charge in [0.1, 0.15) is 6.29 Å². The molecule has 0 aromatic carbocycles. The van der Waals surface area contributed by atoms with Crippen molar-refractivity contribution in [2.75, 3.05) is 0 Å². The van der Waals surface area contributed by atoms with Crippen molar-refractivity contribution in [3.8, 4) is 0 Å². The van der Waals surface area contributed by atoms with Gasteiger partial charge in [0.05, 0.1) is 0 Å². The van der Waals surface area contributed by atoms with E-state index in [2.05, 4.69) is 13.8 Å². The minimum atomic E-state index is 0.750. The van der Waals surface area contributed by atoms with Crippen LogP contribution in [0.25, 0.3) is 0 Å². The molecular weight excluding hydrogens is 76.1 g/mol. The summed E-state index contributed by atoms with van der Waals surface area (Å²) >= 11 is 0. The van der Waals surface area contributed by atoms with Gasteiger partial charge in [-0.3, -0.25) is 0 Å². The van der Waals surface area contributed by atoms with Gasteiger partial charge < -0.3 is 4.79 Å². The Morgan fingerprint density at radius 3 is 1.50 bits per heavy atom. The third-order valence-electron chi connectivity index (χ3n) is 0. The van der Waals surface area contributed by atoms with Gasteiger partial charge in [0.15, 0.2) is 0 Å². The lowest BCUT2D eigenvalue weighted by atomic mass is 10.6. The van der Waals surface area contributed by atoms with Crippen LogP contribution in [0.4, 0.5) is 0 Å². The van der Waals surface area contributed by atoms with E-state index in [-0.39, 0.29) is 0 Å². The highest BCUT2D eigenvalue weighted by Gasteiger charge is 1.35. The molecule has 0 aromatic rings. The lowest BCUT2D eigenvalue weighted by molar-refractivity contribution is -0.106. The molecule has 0 radical (unpaired) electrons. The van der Waals surface area contributed by atoms with Gasteiger partial charge >= 0.3 is 0 Å². The average Bonchev–Trinajstić information content (AvgIpc) is 1.39. The zero-order valence-electron chi connectivity index (χ0n) is 4.69. The van der Waals surface area contributed by atoms with E-state index in [1.165, 1.54) is 13.3 Å². The highest BCUT2D eigenvalue weighted by atomic mass is 16.1. The molecule has 0 amide bonds. The molecule has 0 unspecified atom stereocenters. The lowest BCUT2D eigenvalue weighted by Gasteiger charge is -1.48. The van der Waals surface area contributed by atoms with E-state index >= 15 is 0 Å². The lowest BCUT2D eigenvalue weighted by Crippen LogP contribution is -1.36. The molecule has 0 N–H and O–H groups in total. The SMILES string of the molecule is CC=O.CCC. The van der Waals surface area contributed by atoms with Crippen LogP contribution in [0.3, 0.4) is 0 Å². The first-order valence-electron chi connectivity index (χ1n) is 2.23. The molecule has 0 heterocycles. The molecule has 0 aliphatic rings. The van der Waals surface area contributed by atoms with E-state index in [4.69, 9.17) is 4.79 Å². The zero-order valence-corrected chi connectivity index (χ0v) is 4.69. The Bertz CT molecular complexity index is 17.9. The third-order valence-corrected chi connectivity index (χ3v) is 0. The molecule has 0 fully saturated rings. The van der Waals surface area contributed by atoms with E-state index in [9.17, 15) is 0 Å². The Morgan fingerprint density at radius 1 is 1.50 bits per heavy atom. The van der Waals surface area contributed by atoms with Crippen LogP contribution in [0.15, 0.2) is 0 Å². The summed E-state index contributed by atoms with van der Waals surface area (Å²) in [5.41, 5.74) is 0. The topological polar surface area (TPSA) is 17.1 Å². The predicted octanol–water partition coefficient (Wildman–Crippen LogP) is 1.62. The number of hydrogen-bond donors (Lipinski definition) is 0. The molecule has 0 saturated heterocycles. The molecule has 38 valence electrons. The van der Waals surface area contributed by atoms with Gasteiger partial charge in [0.25, 0.3) is 0 Å². The Labute approximate surface area is 39.4 Å². The second-order valence-electron chi connectivity index (χ2n) is 0.943. The summed E-state index contributed by atoms with van der Waals surface area (Å²) < 4.78 is 0. The summed E-state index contributed by atoms with van der Waals surface area (Å²) in [6.07, 6.45) is 2.00. The van der Waals surface area contributed by atoms with Crippen LogP contribution in [0.2, 0.25) is 0 Å². The van der Waals surface area contributed by atoms with Crippen LogP contribution in [0.1, 0.15) is 27.2 Å². The highest BCUT2D eigenvalue weighted by Crippen LogP contribution is 1.56. The minimum absolute atomic E-state index is 0.750. The molecule has 0 bridgehead atoms. The zero-order chi connectivity index (χ0) is 5.41. The van der Waals surface area contributed by atoms with Crippen LogP contribution in [0.5, 0.6) is 0 Å². The van der Waals surface area contributed by atoms with E-state index in [0.29, 0.717) is 0 Å². The number of hydrogen-bond acceptors (Lipinski definition) is 1. The van der Waals surface area contributed by atoms with Crippen LogP contribution >= 0.6 is 0 Å². The molecular formula is C5H12O. The van der Waals surface area contributed by atoms with E-state index in [0.717, 1.165) is 6.29 Å². The van der Waals surface area contributed by atoms with Crippen molar-refractivity contribution in [1.29, 1.82) is 0 Å². The van der Waals surface area contributed by atoms with Gasteiger partial charge in [0.2, 0.25) is 0 Å². The summed E-state index contributed by atoms with van der Waals surface area (Å²) in [6.45, 7) is 5.69. The van der Waals surface area contributed by atoms with Gasteiger partial charge in [-0.25, -0.2) is 0 Å². The Morgan fingerprint density at radius 2 is 1.50 bits per heavy atom. The maximum atomic E-state index is 8.81. The van der Waals surface area contributed by atoms with Gasteiger partial charge in [-0.2, -0.15) is 0 Å². The normalized spacial score (nSPS) is 5.17. The smallest absolute Gasteiger partial charge is 0.116 e. The summed E-state index contributed by atoms with van der Waals surface area (Å²) in [4.78, 5) is 8.81. The van der Waals surface area contributed by atoms with Crippen LogP contribution in [0, 0.1) is 0 Å². The van der Waals surface area contributed by atoms with Crippen LogP contribution in [-0.4, -0.2) is 6.29 Å². The van der Waals surface area contributed by atoms with E-state index < -0.39 is 0 Å². The first-order valence-corrected chi connectivity index (χ1v) is 2.23. The maximum absolute atomic E-state index is 8.81. The van der Waals surface area contributed by atoms with E-state index in [1.807, 2.05) is 0 Å². The molecule has 0 atom stereocenters. The Kier molecular flexibility index (Phi) is 34.5. The average molecular weight is 88.1 g/mol. The summed E-state index contributed by atoms with van der Waals surface area (Å²) in [6, 6.07) is 0. The largest absolute Gasteiger partial charge is 0.304 e. The van der Waals surface area contributed by atoms with Crippen molar-refractivity contribution >= 4 is 6.29 Å². The first-order chi connectivity index (χ1) is 2.83. The fourth-order valence-corrected chi connectivity index (χ4v) is 0. The third kappa shape index (κ3) is 240. The fraction of sp³-hybridized carbons (Fsp3) is 0.800. The highest BCUT2D eigenvalue weighted by molar-refractivity contribution is 5.44. The molecule has 1 nitrogen and oxygen atoms in total. The van der Waals surface area contributed by atoms with Gasteiger partial charge in [-0.15, -0.1) is 0 Å². The summed E-state index contributed by atoms with van der Waals surface area (Å²) in [7, 11) is 0. The Balaban J connectivity index is 0. The van der Waals surface area contributed by atoms with Crippen molar-refractivity contribution < 1.29 is 4.79 Å². The first kappa shape index (κ1) is 9.18. The van der Waals surface area contributed by atoms with Crippen molar-refractivity contribution in [3.63, 3.8) is 0 Å². The fourth-order valence-electron chi connectivity index (χ4n) is 0. The van der Waals surface area contributed by atoms with Crippen molar-refractivity contribution in [2.24, 2.45) is 0 Å². The van der Waals surface area contributed by atoms with Crippen LogP contribution < -0.4 is 0 Å².